The van der Waals surface area contributed by atoms with Crippen LogP contribution in [0.25, 0.3) is 11.0 Å². The van der Waals surface area contributed by atoms with Crippen LogP contribution in [0.2, 0.25) is 0 Å². The quantitative estimate of drug-likeness (QED) is 0.508. The molecule has 1 atom stereocenters. The number of amides is 1. The minimum Gasteiger partial charge on any atom is -0.451 e. The van der Waals surface area contributed by atoms with Gasteiger partial charge in [0.15, 0.2) is 11.9 Å². The van der Waals surface area contributed by atoms with Crippen molar-refractivity contribution in [3.8, 4) is 0 Å². The average Bonchev–Trinajstić information content (AvgIpc) is 2.70. The molecular weight excluding hydrogens is 374 g/mol. The Balaban J connectivity index is 1.65. The van der Waals surface area contributed by atoms with Crippen molar-refractivity contribution in [2.75, 3.05) is 5.32 Å². The zero-order chi connectivity index (χ0) is 21.0. The fourth-order valence-corrected chi connectivity index (χ4v) is 2.73. The smallest absolute Gasteiger partial charge is 0.326 e. The van der Waals surface area contributed by atoms with E-state index in [4.69, 9.17) is 4.74 Å². The summed E-state index contributed by atoms with van der Waals surface area (Å²) in [5, 5.41) is 2.61. The summed E-state index contributed by atoms with van der Waals surface area (Å²) < 4.78 is 6.41. The number of carbonyl (C=O) groups is 3. The van der Waals surface area contributed by atoms with Crippen LogP contribution in [0.1, 0.15) is 24.2 Å². The number of nitrogens with zero attached hydrogens (tertiary/aromatic N) is 2. The van der Waals surface area contributed by atoms with Gasteiger partial charge in [-0.1, -0.05) is 12.1 Å². The number of nitrogens with one attached hydrogen (secondary N) is 1. The van der Waals surface area contributed by atoms with E-state index < -0.39 is 23.5 Å². The van der Waals surface area contributed by atoms with Gasteiger partial charge in [-0.15, -0.1) is 0 Å². The molecule has 3 rings (SSSR count). The van der Waals surface area contributed by atoms with E-state index in [2.05, 4.69) is 10.3 Å². The third-order valence-corrected chi connectivity index (χ3v) is 4.28. The monoisotopic (exact) mass is 393 g/mol. The summed E-state index contributed by atoms with van der Waals surface area (Å²) in [6.45, 7) is 2.55. The second-order valence-electron chi connectivity index (χ2n) is 6.43. The zero-order valence-electron chi connectivity index (χ0n) is 15.9. The highest BCUT2D eigenvalue weighted by Crippen LogP contribution is 2.12. The van der Waals surface area contributed by atoms with Crippen molar-refractivity contribution in [2.24, 2.45) is 0 Å². The van der Waals surface area contributed by atoms with Crippen molar-refractivity contribution in [3.05, 3.63) is 70.6 Å². The summed E-state index contributed by atoms with van der Waals surface area (Å²) in [7, 11) is 0. The molecule has 8 nitrogen and oxygen atoms in total. The molecule has 0 aliphatic rings. The minimum atomic E-state index is -1.07. The summed E-state index contributed by atoms with van der Waals surface area (Å²) in [5.74, 6) is -1.33. The number of hydrogen-bond acceptors (Lipinski definition) is 6. The molecule has 29 heavy (non-hydrogen) atoms. The molecule has 0 bridgehead atoms. The van der Waals surface area contributed by atoms with Gasteiger partial charge in [0.05, 0.1) is 17.2 Å². The van der Waals surface area contributed by atoms with Crippen LogP contribution in [0, 0.1) is 0 Å². The first kappa shape index (κ1) is 19.9. The van der Waals surface area contributed by atoms with Crippen LogP contribution < -0.4 is 10.9 Å². The highest BCUT2D eigenvalue weighted by molar-refractivity contribution is 5.97. The number of esters is 1. The fraction of sp³-hybridized carbons (Fsp3) is 0.190. The van der Waals surface area contributed by atoms with Gasteiger partial charge in [-0.2, -0.15) is 0 Å². The third-order valence-electron chi connectivity index (χ3n) is 4.28. The molecule has 0 aliphatic carbocycles. The van der Waals surface area contributed by atoms with E-state index in [1.165, 1.54) is 18.4 Å². The normalized spacial score (nSPS) is 11.7. The van der Waals surface area contributed by atoms with Gasteiger partial charge in [-0.25, -0.2) is 4.98 Å². The number of fused-ring (bicyclic) bond motifs is 1. The highest BCUT2D eigenvalue weighted by Gasteiger charge is 2.19. The molecule has 1 aromatic heterocycles. The van der Waals surface area contributed by atoms with E-state index in [1.54, 1.807) is 48.5 Å². The first-order valence-electron chi connectivity index (χ1n) is 8.91. The molecule has 0 fully saturated rings. The number of aromatic nitrogens is 2. The molecular formula is C21H19N3O5. The molecule has 0 aliphatic heterocycles. The maximum Gasteiger partial charge on any atom is 0.326 e. The van der Waals surface area contributed by atoms with E-state index in [9.17, 15) is 19.2 Å². The predicted octanol–water partition coefficient (Wildman–Crippen LogP) is 2.17. The first-order valence-corrected chi connectivity index (χ1v) is 8.91. The van der Waals surface area contributed by atoms with Gasteiger partial charge < -0.3 is 10.1 Å². The maximum atomic E-state index is 12.3. The van der Waals surface area contributed by atoms with E-state index in [1.807, 2.05) is 0 Å². The molecule has 0 saturated carbocycles. The Morgan fingerprint density at radius 3 is 2.48 bits per heavy atom. The van der Waals surface area contributed by atoms with Crippen molar-refractivity contribution >= 4 is 34.4 Å². The minimum absolute atomic E-state index is 0.0796. The van der Waals surface area contributed by atoms with Gasteiger partial charge >= 0.3 is 5.97 Å². The number of hydrogen-bond donors (Lipinski definition) is 1. The van der Waals surface area contributed by atoms with Gasteiger partial charge in [0, 0.05) is 11.3 Å². The first-order chi connectivity index (χ1) is 13.8. The van der Waals surface area contributed by atoms with Crippen LogP contribution in [-0.2, 0) is 20.9 Å². The number of benzene rings is 2. The Kier molecular flexibility index (Phi) is 5.82. The van der Waals surface area contributed by atoms with Crippen LogP contribution in [0.15, 0.2) is 59.5 Å². The molecule has 1 amide bonds. The van der Waals surface area contributed by atoms with Gasteiger partial charge in [0.1, 0.15) is 6.54 Å². The number of para-hydroxylation sites is 2. The largest absolute Gasteiger partial charge is 0.451 e. The molecule has 1 N–H and O–H groups in total. The summed E-state index contributed by atoms with van der Waals surface area (Å²) >= 11 is 0. The summed E-state index contributed by atoms with van der Waals surface area (Å²) in [6.07, 6.45) is 0.0648. The number of carbonyl (C=O) groups excluding carboxylic acids is 3. The Bertz CT molecular complexity index is 1140. The Morgan fingerprint density at radius 1 is 1.10 bits per heavy atom. The van der Waals surface area contributed by atoms with Crippen molar-refractivity contribution in [2.45, 2.75) is 26.5 Å². The van der Waals surface area contributed by atoms with Crippen molar-refractivity contribution < 1.29 is 19.1 Å². The number of Topliss-reactive ketones (excluding diaryl/α,β-unsaturated/α-hetero) is 1. The summed E-state index contributed by atoms with van der Waals surface area (Å²) in [6, 6.07) is 13.3. The van der Waals surface area contributed by atoms with E-state index >= 15 is 0 Å². The van der Waals surface area contributed by atoms with Crippen LogP contribution in [0.5, 0.6) is 0 Å². The van der Waals surface area contributed by atoms with E-state index in [0.29, 0.717) is 22.3 Å². The standard InChI is InChI=1S/C21H19N3O5/c1-13(25)15-7-9-16(10-8-15)23-21(28)14(2)29-20(27)12-24-18-6-4-3-5-17(18)22-11-19(24)26/h3-11,14H,12H2,1-2H3,(H,23,28)/t14-/m1/s1. The molecule has 0 spiro atoms. The van der Waals surface area contributed by atoms with Gasteiger partial charge in [-0.3, -0.25) is 23.7 Å². The Labute approximate surface area is 166 Å². The van der Waals surface area contributed by atoms with Crippen molar-refractivity contribution in [1.29, 1.82) is 0 Å². The molecule has 8 heteroatoms. The molecule has 0 unspecified atom stereocenters. The van der Waals surface area contributed by atoms with Crippen molar-refractivity contribution in [3.63, 3.8) is 0 Å². The molecule has 1 heterocycles. The van der Waals surface area contributed by atoms with E-state index in [0.717, 1.165) is 6.20 Å². The predicted molar refractivity (Wildman–Crippen MR) is 107 cm³/mol. The molecule has 0 saturated heterocycles. The Morgan fingerprint density at radius 2 is 1.79 bits per heavy atom. The lowest BCUT2D eigenvalue weighted by Gasteiger charge is -2.15. The van der Waals surface area contributed by atoms with Crippen LogP contribution in [0.4, 0.5) is 5.69 Å². The number of ether oxygens (including phenoxy) is 1. The van der Waals surface area contributed by atoms with Crippen molar-refractivity contribution in [1.82, 2.24) is 9.55 Å². The van der Waals surface area contributed by atoms with Crippen LogP contribution >= 0.6 is 0 Å². The zero-order valence-corrected chi connectivity index (χ0v) is 15.9. The molecule has 0 radical (unpaired) electrons. The lowest BCUT2D eigenvalue weighted by molar-refractivity contribution is -0.153. The lowest BCUT2D eigenvalue weighted by atomic mass is 10.1. The number of ketones is 1. The number of rotatable bonds is 6. The SMILES string of the molecule is CC(=O)c1ccc(NC(=O)[C@@H](C)OC(=O)Cn2c(=O)cnc3ccccc32)cc1. The third kappa shape index (κ3) is 4.73. The van der Waals surface area contributed by atoms with Gasteiger partial charge in [-0.05, 0) is 50.2 Å². The second kappa shape index (κ2) is 8.47. The summed E-state index contributed by atoms with van der Waals surface area (Å²) in [4.78, 5) is 52.0. The lowest BCUT2D eigenvalue weighted by Crippen LogP contribution is -2.33. The topological polar surface area (TPSA) is 107 Å². The molecule has 148 valence electrons. The highest BCUT2D eigenvalue weighted by atomic mass is 16.5. The second-order valence-corrected chi connectivity index (χ2v) is 6.43. The molecule has 2 aromatic carbocycles. The number of anilines is 1. The Hall–Kier alpha value is -3.81. The molecule has 3 aromatic rings. The fourth-order valence-electron chi connectivity index (χ4n) is 2.73. The van der Waals surface area contributed by atoms with Crippen LogP contribution in [0.3, 0.4) is 0 Å². The van der Waals surface area contributed by atoms with E-state index in [-0.39, 0.29) is 12.3 Å². The maximum absolute atomic E-state index is 12.3. The van der Waals surface area contributed by atoms with Gasteiger partial charge in [0.2, 0.25) is 0 Å². The van der Waals surface area contributed by atoms with Crippen LogP contribution in [-0.4, -0.2) is 33.3 Å². The van der Waals surface area contributed by atoms with Gasteiger partial charge in [0.25, 0.3) is 11.5 Å². The average molecular weight is 393 g/mol. The summed E-state index contributed by atoms with van der Waals surface area (Å²) in [5.41, 5.74) is 1.62.